The van der Waals surface area contributed by atoms with Gasteiger partial charge in [-0.1, -0.05) is 18.2 Å². The lowest BCUT2D eigenvalue weighted by Crippen LogP contribution is -2.29. The summed E-state index contributed by atoms with van der Waals surface area (Å²) in [6.07, 6.45) is -0.0882. The molecule has 1 aromatic heterocycles. The van der Waals surface area contributed by atoms with E-state index in [1.807, 2.05) is 11.4 Å². The average Bonchev–Trinajstić information content (AvgIpc) is 3.12. The predicted molar refractivity (Wildman–Crippen MR) is 91.1 cm³/mol. The summed E-state index contributed by atoms with van der Waals surface area (Å²) in [4.78, 5) is 36.6. The number of carboxylic acid groups (broad SMARTS) is 1. The van der Waals surface area contributed by atoms with E-state index in [-0.39, 0.29) is 24.8 Å². The highest BCUT2D eigenvalue weighted by molar-refractivity contribution is 7.12. The topological polar surface area (TPSA) is 86.7 Å². The zero-order valence-corrected chi connectivity index (χ0v) is 14.0. The predicted octanol–water partition coefficient (Wildman–Crippen LogP) is 2.22. The van der Waals surface area contributed by atoms with Crippen molar-refractivity contribution in [1.29, 1.82) is 0 Å². The Morgan fingerprint density at radius 3 is 2.46 bits per heavy atom. The molecule has 0 saturated carbocycles. The maximum Gasteiger partial charge on any atom is 0.305 e. The Morgan fingerprint density at radius 1 is 1.17 bits per heavy atom. The maximum absolute atomic E-state index is 12.2. The molecule has 6 nitrogen and oxygen atoms in total. The van der Waals surface area contributed by atoms with Crippen LogP contribution in [-0.4, -0.2) is 41.4 Å². The largest absolute Gasteiger partial charge is 0.481 e. The van der Waals surface area contributed by atoms with Crippen molar-refractivity contribution >= 4 is 29.1 Å². The number of hydrogen-bond donors (Lipinski definition) is 2. The molecule has 0 atom stereocenters. The molecule has 2 N–H and O–H groups in total. The SMILES string of the molecule is CN(CCC(=O)O)C(=O)c1ccc(CNC(=O)c2cccs2)cc1. The molecule has 0 aliphatic carbocycles. The first-order valence-corrected chi connectivity index (χ1v) is 8.23. The number of carbonyl (C=O) groups excluding carboxylic acids is 2. The molecular weight excluding hydrogens is 328 g/mol. The maximum atomic E-state index is 12.2. The number of thiophene rings is 1. The zero-order chi connectivity index (χ0) is 17.5. The fraction of sp³-hybridized carbons (Fsp3) is 0.235. The van der Waals surface area contributed by atoms with E-state index in [1.54, 1.807) is 37.4 Å². The summed E-state index contributed by atoms with van der Waals surface area (Å²) >= 11 is 1.38. The lowest BCUT2D eigenvalue weighted by molar-refractivity contribution is -0.137. The number of aliphatic carboxylic acids is 1. The van der Waals surface area contributed by atoms with Gasteiger partial charge in [-0.05, 0) is 29.1 Å². The summed E-state index contributed by atoms with van der Waals surface area (Å²) in [5.41, 5.74) is 1.36. The Bertz CT molecular complexity index is 711. The van der Waals surface area contributed by atoms with Crippen LogP contribution >= 0.6 is 11.3 Å². The van der Waals surface area contributed by atoms with Gasteiger partial charge in [0.1, 0.15) is 0 Å². The highest BCUT2D eigenvalue weighted by atomic mass is 32.1. The molecule has 2 rings (SSSR count). The van der Waals surface area contributed by atoms with Gasteiger partial charge in [0.15, 0.2) is 0 Å². The monoisotopic (exact) mass is 346 g/mol. The number of benzene rings is 1. The molecule has 0 unspecified atom stereocenters. The molecule has 1 heterocycles. The second kappa shape index (κ2) is 8.26. The van der Waals surface area contributed by atoms with Gasteiger partial charge in [-0.3, -0.25) is 14.4 Å². The Morgan fingerprint density at radius 2 is 1.88 bits per heavy atom. The van der Waals surface area contributed by atoms with Gasteiger partial charge in [0.05, 0.1) is 11.3 Å². The van der Waals surface area contributed by atoms with Gasteiger partial charge in [0.25, 0.3) is 11.8 Å². The zero-order valence-electron chi connectivity index (χ0n) is 13.2. The molecule has 0 aliphatic rings. The fourth-order valence-electron chi connectivity index (χ4n) is 2.03. The van der Waals surface area contributed by atoms with E-state index in [0.29, 0.717) is 17.0 Å². The van der Waals surface area contributed by atoms with Crippen molar-refractivity contribution in [2.75, 3.05) is 13.6 Å². The normalized spacial score (nSPS) is 10.2. The third-order valence-electron chi connectivity index (χ3n) is 3.41. The van der Waals surface area contributed by atoms with E-state index < -0.39 is 5.97 Å². The molecule has 7 heteroatoms. The standard InChI is InChI=1S/C17H18N2O4S/c1-19(9-8-15(20)21)17(23)13-6-4-12(5-7-13)11-18-16(22)14-3-2-10-24-14/h2-7,10H,8-9,11H2,1H3,(H,18,22)(H,20,21). The van der Waals surface area contributed by atoms with E-state index in [0.717, 1.165) is 5.56 Å². The van der Waals surface area contributed by atoms with Gasteiger partial charge < -0.3 is 15.3 Å². The van der Waals surface area contributed by atoms with Crippen LogP contribution in [-0.2, 0) is 11.3 Å². The van der Waals surface area contributed by atoms with Crippen LogP contribution in [0.4, 0.5) is 0 Å². The van der Waals surface area contributed by atoms with Crippen molar-refractivity contribution in [2.24, 2.45) is 0 Å². The first kappa shape index (κ1) is 17.7. The average molecular weight is 346 g/mol. The summed E-state index contributed by atoms with van der Waals surface area (Å²) in [5, 5.41) is 13.3. The van der Waals surface area contributed by atoms with Crippen molar-refractivity contribution in [3.63, 3.8) is 0 Å². The fourth-order valence-corrected chi connectivity index (χ4v) is 2.67. The van der Waals surface area contributed by atoms with Crippen molar-refractivity contribution in [3.8, 4) is 0 Å². The van der Waals surface area contributed by atoms with Crippen LogP contribution in [0.5, 0.6) is 0 Å². The quantitative estimate of drug-likeness (QED) is 0.805. The summed E-state index contributed by atoms with van der Waals surface area (Å²) in [5.74, 6) is -1.30. The minimum atomic E-state index is -0.938. The molecule has 0 aliphatic heterocycles. The smallest absolute Gasteiger partial charge is 0.305 e. The van der Waals surface area contributed by atoms with Crippen LogP contribution in [0.2, 0.25) is 0 Å². The van der Waals surface area contributed by atoms with Crippen molar-refractivity contribution in [3.05, 3.63) is 57.8 Å². The van der Waals surface area contributed by atoms with Crippen LogP contribution in [0.15, 0.2) is 41.8 Å². The number of hydrogen-bond acceptors (Lipinski definition) is 4. The first-order valence-electron chi connectivity index (χ1n) is 7.35. The summed E-state index contributed by atoms with van der Waals surface area (Å²) in [6.45, 7) is 0.535. The Labute approximate surface area is 143 Å². The lowest BCUT2D eigenvalue weighted by Gasteiger charge is -2.16. The third-order valence-corrected chi connectivity index (χ3v) is 4.28. The van der Waals surface area contributed by atoms with E-state index >= 15 is 0 Å². The number of carboxylic acids is 1. The van der Waals surface area contributed by atoms with Gasteiger partial charge in [-0.2, -0.15) is 0 Å². The highest BCUT2D eigenvalue weighted by Gasteiger charge is 2.13. The van der Waals surface area contributed by atoms with E-state index in [4.69, 9.17) is 5.11 Å². The number of rotatable bonds is 7. The molecule has 2 aromatic rings. The highest BCUT2D eigenvalue weighted by Crippen LogP contribution is 2.10. The number of nitrogens with zero attached hydrogens (tertiary/aromatic N) is 1. The van der Waals surface area contributed by atoms with Crippen molar-refractivity contribution in [2.45, 2.75) is 13.0 Å². The molecule has 0 saturated heterocycles. The minimum Gasteiger partial charge on any atom is -0.481 e. The number of amides is 2. The number of nitrogens with one attached hydrogen (secondary N) is 1. The van der Waals surface area contributed by atoms with Gasteiger partial charge in [0.2, 0.25) is 0 Å². The van der Waals surface area contributed by atoms with Crippen LogP contribution in [0, 0.1) is 0 Å². The Balaban J connectivity index is 1.89. The van der Waals surface area contributed by atoms with Crippen LogP contribution in [0.3, 0.4) is 0 Å². The van der Waals surface area contributed by atoms with E-state index in [1.165, 1.54) is 16.2 Å². The van der Waals surface area contributed by atoms with E-state index in [9.17, 15) is 14.4 Å². The second-order valence-electron chi connectivity index (χ2n) is 5.23. The summed E-state index contributed by atoms with van der Waals surface area (Å²) < 4.78 is 0. The van der Waals surface area contributed by atoms with Gasteiger partial charge in [-0.25, -0.2) is 0 Å². The van der Waals surface area contributed by atoms with Crippen LogP contribution in [0.25, 0.3) is 0 Å². The minimum absolute atomic E-state index is 0.0882. The summed E-state index contributed by atoms with van der Waals surface area (Å²) in [6, 6.07) is 10.5. The van der Waals surface area contributed by atoms with Crippen LogP contribution in [0.1, 0.15) is 32.0 Å². The molecule has 0 radical (unpaired) electrons. The van der Waals surface area contributed by atoms with Gasteiger partial charge in [-0.15, -0.1) is 11.3 Å². The molecule has 2 amide bonds. The van der Waals surface area contributed by atoms with Gasteiger partial charge in [0, 0.05) is 25.7 Å². The second-order valence-corrected chi connectivity index (χ2v) is 6.18. The number of carbonyl (C=O) groups is 3. The van der Waals surface area contributed by atoms with Crippen molar-refractivity contribution in [1.82, 2.24) is 10.2 Å². The molecule has 0 bridgehead atoms. The van der Waals surface area contributed by atoms with Gasteiger partial charge >= 0.3 is 5.97 Å². The lowest BCUT2D eigenvalue weighted by atomic mass is 10.1. The Kier molecular flexibility index (Phi) is 6.08. The third kappa shape index (κ3) is 4.92. The Hall–Kier alpha value is -2.67. The molecule has 0 spiro atoms. The van der Waals surface area contributed by atoms with E-state index in [2.05, 4.69) is 5.32 Å². The molecule has 24 heavy (non-hydrogen) atoms. The molecule has 1 aromatic carbocycles. The summed E-state index contributed by atoms with van der Waals surface area (Å²) in [7, 11) is 1.57. The molecular formula is C17H18N2O4S. The first-order chi connectivity index (χ1) is 11.5. The van der Waals surface area contributed by atoms with Crippen LogP contribution < -0.4 is 5.32 Å². The van der Waals surface area contributed by atoms with Crippen molar-refractivity contribution < 1.29 is 19.5 Å². The molecule has 126 valence electrons. The molecule has 0 fully saturated rings.